The van der Waals surface area contributed by atoms with Crippen molar-refractivity contribution in [2.75, 3.05) is 7.11 Å². The Labute approximate surface area is 130 Å². The van der Waals surface area contributed by atoms with Gasteiger partial charge in [-0.1, -0.05) is 18.2 Å². The lowest BCUT2D eigenvalue weighted by Crippen LogP contribution is -2.03. The Hall–Kier alpha value is -2.20. The fourth-order valence-electron chi connectivity index (χ4n) is 2.26. The minimum absolute atomic E-state index is 0.0306. The van der Waals surface area contributed by atoms with E-state index in [1.807, 2.05) is 30.3 Å². The number of hydrogen-bond acceptors (Lipinski definition) is 3. The van der Waals surface area contributed by atoms with E-state index in [0.717, 1.165) is 15.4 Å². The third kappa shape index (κ3) is 2.54. The summed E-state index contributed by atoms with van der Waals surface area (Å²) < 4.78 is 5.95. The van der Waals surface area contributed by atoms with Crippen molar-refractivity contribution >= 4 is 32.6 Å². The number of halogens is 1. The van der Waals surface area contributed by atoms with Gasteiger partial charge in [0.25, 0.3) is 0 Å². The average molecular weight is 342 g/mol. The SMILES string of the molecule is COc1ccc(C(=O)c2cccc3ncccc23)cc1Br. The molecule has 0 aliphatic heterocycles. The predicted molar refractivity (Wildman–Crippen MR) is 85.9 cm³/mol. The van der Waals surface area contributed by atoms with E-state index in [2.05, 4.69) is 20.9 Å². The summed E-state index contributed by atoms with van der Waals surface area (Å²) >= 11 is 3.41. The summed E-state index contributed by atoms with van der Waals surface area (Å²) in [6.07, 6.45) is 1.72. The molecule has 0 bridgehead atoms. The van der Waals surface area contributed by atoms with Gasteiger partial charge < -0.3 is 4.74 Å². The smallest absolute Gasteiger partial charge is 0.193 e. The van der Waals surface area contributed by atoms with Gasteiger partial charge in [-0.15, -0.1) is 0 Å². The van der Waals surface area contributed by atoms with Crippen molar-refractivity contribution < 1.29 is 9.53 Å². The standard InChI is InChI=1S/C17H12BrNO2/c1-21-16-8-7-11(10-14(16)18)17(20)13-4-2-6-15-12(13)5-3-9-19-15/h2-10H,1H3. The van der Waals surface area contributed by atoms with Crippen LogP contribution in [0.5, 0.6) is 5.75 Å². The van der Waals surface area contributed by atoms with E-state index in [-0.39, 0.29) is 5.78 Å². The van der Waals surface area contributed by atoms with Crippen molar-refractivity contribution in [2.45, 2.75) is 0 Å². The van der Waals surface area contributed by atoms with Crippen LogP contribution in [0.4, 0.5) is 0 Å². The Balaban J connectivity index is 2.10. The molecule has 1 heterocycles. The lowest BCUT2D eigenvalue weighted by Gasteiger charge is -2.08. The highest BCUT2D eigenvalue weighted by molar-refractivity contribution is 9.10. The van der Waals surface area contributed by atoms with E-state index >= 15 is 0 Å². The lowest BCUT2D eigenvalue weighted by molar-refractivity contribution is 0.104. The van der Waals surface area contributed by atoms with Gasteiger partial charge in [-0.25, -0.2) is 0 Å². The molecule has 21 heavy (non-hydrogen) atoms. The molecule has 0 amide bonds. The van der Waals surface area contributed by atoms with Crippen LogP contribution in [-0.4, -0.2) is 17.9 Å². The van der Waals surface area contributed by atoms with Crippen molar-refractivity contribution in [3.63, 3.8) is 0 Å². The fraction of sp³-hybridized carbons (Fsp3) is 0.0588. The molecule has 0 radical (unpaired) electrons. The van der Waals surface area contributed by atoms with Crippen LogP contribution in [0.1, 0.15) is 15.9 Å². The molecule has 0 aliphatic rings. The zero-order chi connectivity index (χ0) is 14.8. The maximum Gasteiger partial charge on any atom is 0.193 e. The summed E-state index contributed by atoms with van der Waals surface area (Å²) in [5, 5.41) is 0.858. The molecule has 1 aromatic heterocycles. The fourth-order valence-corrected chi connectivity index (χ4v) is 2.81. The molecule has 0 atom stereocenters. The number of carbonyl (C=O) groups excluding carboxylic acids is 1. The highest BCUT2D eigenvalue weighted by Crippen LogP contribution is 2.27. The molecule has 0 N–H and O–H groups in total. The summed E-state index contributed by atoms with van der Waals surface area (Å²) in [6, 6.07) is 14.6. The third-order valence-electron chi connectivity index (χ3n) is 3.30. The maximum absolute atomic E-state index is 12.7. The Kier molecular flexibility index (Phi) is 3.71. The summed E-state index contributed by atoms with van der Waals surface area (Å²) in [5.41, 5.74) is 2.08. The summed E-state index contributed by atoms with van der Waals surface area (Å²) in [6.45, 7) is 0. The highest BCUT2D eigenvalue weighted by atomic mass is 79.9. The molecular weight excluding hydrogens is 330 g/mol. The highest BCUT2D eigenvalue weighted by Gasteiger charge is 2.14. The molecule has 0 unspecified atom stereocenters. The van der Waals surface area contributed by atoms with Gasteiger partial charge in [0.1, 0.15) is 5.75 Å². The zero-order valence-corrected chi connectivity index (χ0v) is 12.9. The average Bonchev–Trinajstić information content (AvgIpc) is 2.53. The van der Waals surface area contributed by atoms with Crippen molar-refractivity contribution in [3.8, 4) is 5.75 Å². The first kappa shape index (κ1) is 13.8. The predicted octanol–water partition coefficient (Wildman–Crippen LogP) is 4.24. The number of aromatic nitrogens is 1. The van der Waals surface area contributed by atoms with E-state index in [9.17, 15) is 4.79 Å². The third-order valence-corrected chi connectivity index (χ3v) is 3.92. The molecule has 0 fully saturated rings. The van der Waals surface area contributed by atoms with Gasteiger partial charge in [0.2, 0.25) is 0 Å². The topological polar surface area (TPSA) is 39.2 Å². The van der Waals surface area contributed by atoms with Gasteiger partial charge in [-0.05, 0) is 46.3 Å². The van der Waals surface area contributed by atoms with Crippen LogP contribution in [-0.2, 0) is 0 Å². The molecule has 2 aromatic carbocycles. The van der Waals surface area contributed by atoms with Crippen molar-refractivity contribution in [1.29, 1.82) is 0 Å². The Morgan fingerprint density at radius 3 is 2.76 bits per heavy atom. The molecule has 3 nitrogen and oxygen atoms in total. The van der Waals surface area contributed by atoms with E-state index in [1.54, 1.807) is 31.5 Å². The number of rotatable bonds is 3. The van der Waals surface area contributed by atoms with Crippen LogP contribution < -0.4 is 4.74 Å². The summed E-state index contributed by atoms with van der Waals surface area (Å²) in [4.78, 5) is 17.0. The molecule has 0 saturated carbocycles. The van der Waals surface area contributed by atoms with Gasteiger partial charge in [-0.2, -0.15) is 0 Å². The number of fused-ring (bicyclic) bond motifs is 1. The molecule has 0 spiro atoms. The second kappa shape index (κ2) is 5.66. The number of hydrogen-bond donors (Lipinski definition) is 0. The molecule has 0 saturated heterocycles. The lowest BCUT2D eigenvalue weighted by atomic mass is 9.99. The number of nitrogens with zero attached hydrogens (tertiary/aromatic N) is 1. The second-order valence-electron chi connectivity index (χ2n) is 4.55. The molecule has 3 rings (SSSR count). The molecule has 4 heteroatoms. The number of ketones is 1. The van der Waals surface area contributed by atoms with E-state index in [4.69, 9.17) is 4.74 Å². The monoisotopic (exact) mass is 341 g/mol. The summed E-state index contributed by atoms with van der Waals surface area (Å²) in [7, 11) is 1.60. The largest absolute Gasteiger partial charge is 0.496 e. The van der Waals surface area contributed by atoms with Gasteiger partial charge in [0.05, 0.1) is 17.1 Å². The summed E-state index contributed by atoms with van der Waals surface area (Å²) in [5.74, 6) is 0.670. The van der Waals surface area contributed by atoms with Crippen LogP contribution in [0, 0.1) is 0 Å². The first-order valence-electron chi connectivity index (χ1n) is 6.42. The van der Waals surface area contributed by atoms with Crippen LogP contribution >= 0.6 is 15.9 Å². The van der Waals surface area contributed by atoms with Crippen LogP contribution in [0.25, 0.3) is 10.9 Å². The van der Waals surface area contributed by atoms with E-state index in [0.29, 0.717) is 16.9 Å². The number of methoxy groups -OCH3 is 1. The van der Waals surface area contributed by atoms with Crippen LogP contribution in [0.3, 0.4) is 0 Å². The van der Waals surface area contributed by atoms with Gasteiger partial charge >= 0.3 is 0 Å². The molecule has 104 valence electrons. The van der Waals surface area contributed by atoms with Crippen LogP contribution in [0.15, 0.2) is 59.2 Å². The number of carbonyl (C=O) groups is 1. The Morgan fingerprint density at radius 1 is 1.14 bits per heavy atom. The minimum atomic E-state index is -0.0306. The number of benzene rings is 2. The maximum atomic E-state index is 12.7. The first-order chi connectivity index (χ1) is 10.2. The number of ether oxygens (including phenoxy) is 1. The van der Waals surface area contributed by atoms with Gasteiger partial charge in [-0.3, -0.25) is 9.78 Å². The van der Waals surface area contributed by atoms with Gasteiger partial charge in [0, 0.05) is 22.7 Å². The zero-order valence-electron chi connectivity index (χ0n) is 11.3. The molecular formula is C17H12BrNO2. The van der Waals surface area contributed by atoms with Crippen molar-refractivity contribution in [2.24, 2.45) is 0 Å². The van der Waals surface area contributed by atoms with Gasteiger partial charge in [0.15, 0.2) is 5.78 Å². The first-order valence-corrected chi connectivity index (χ1v) is 7.22. The Morgan fingerprint density at radius 2 is 2.00 bits per heavy atom. The van der Waals surface area contributed by atoms with Crippen molar-refractivity contribution in [1.82, 2.24) is 4.98 Å². The normalized spacial score (nSPS) is 10.6. The van der Waals surface area contributed by atoms with E-state index in [1.165, 1.54) is 0 Å². The minimum Gasteiger partial charge on any atom is -0.496 e. The van der Waals surface area contributed by atoms with Crippen LogP contribution in [0.2, 0.25) is 0 Å². The Bertz CT molecular complexity index is 825. The quantitative estimate of drug-likeness (QED) is 0.669. The molecule has 0 aliphatic carbocycles. The second-order valence-corrected chi connectivity index (χ2v) is 5.41. The van der Waals surface area contributed by atoms with Crippen molar-refractivity contribution in [3.05, 3.63) is 70.3 Å². The molecule has 3 aromatic rings. The number of pyridine rings is 1. The van der Waals surface area contributed by atoms with E-state index < -0.39 is 0 Å².